The molecule has 3 aromatic carbocycles. The highest BCUT2D eigenvalue weighted by Crippen LogP contribution is 2.28. The number of esters is 1. The van der Waals surface area contributed by atoms with Gasteiger partial charge >= 0.3 is 11.9 Å². The predicted octanol–water partition coefficient (Wildman–Crippen LogP) is 5.70. The first-order chi connectivity index (χ1) is 16.8. The van der Waals surface area contributed by atoms with Gasteiger partial charge in [-0.2, -0.15) is 0 Å². The maximum Gasteiger partial charge on any atom is 0.336 e. The molecule has 7 nitrogen and oxygen atoms in total. The summed E-state index contributed by atoms with van der Waals surface area (Å²) < 4.78 is 21.1. The van der Waals surface area contributed by atoms with Crippen molar-refractivity contribution in [2.75, 3.05) is 21.3 Å². The highest BCUT2D eigenvalue weighted by Gasteiger charge is 2.12. The lowest BCUT2D eigenvalue weighted by molar-refractivity contribution is -0.136. The van der Waals surface area contributed by atoms with Crippen molar-refractivity contribution in [3.05, 3.63) is 89.0 Å². The number of carbonyl (C=O) groups excluding carboxylic acids is 1. The molecule has 0 radical (unpaired) electrons. The van der Waals surface area contributed by atoms with Gasteiger partial charge in [0.05, 0.1) is 26.9 Å². The van der Waals surface area contributed by atoms with Gasteiger partial charge in [0.25, 0.3) is 0 Å². The van der Waals surface area contributed by atoms with Gasteiger partial charge in [0.1, 0.15) is 23.0 Å². The summed E-state index contributed by atoms with van der Waals surface area (Å²) in [4.78, 5) is 23.5. The van der Waals surface area contributed by atoms with Crippen LogP contribution < -0.4 is 14.2 Å². The standard InChI is InChI=1S/C28H26O7/c1-18(28(31)34-4)13-19-5-9-22(10-6-19)35-23-11-7-21(8-12-23)26(27(29)30)16-20-14-24(32-2)17-25(15-20)33-3/h5-17H,1-4H3,(H,29,30)/b18-13-,26-16+. The Kier molecular flexibility index (Phi) is 8.29. The van der Waals surface area contributed by atoms with Gasteiger partial charge in [-0.15, -0.1) is 0 Å². The number of hydrogen-bond acceptors (Lipinski definition) is 6. The van der Waals surface area contributed by atoms with Crippen molar-refractivity contribution in [2.24, 2.45) is 0 Å². The van der Waals surface area contributed by atoms with Gasteiger partial charge in [-0.3, -0.25) is 0 Å². The van der Waals surface area contributed by atoms with Gasteiger partial charge in [0.2, 0.25) is 0 Å². The minimum atomic E-state index is -1.06. The molecule has 0 atom stereocenters. The maximum atomic E-state index is 12.0. The fraction of sp³-hybridized carbons (Fsp3) is 0.143. The Hall–Kier alpha value is -4.52. The van der Waals surface area contributed by atoms with Crippen LogP contribution in [0.5, 0.6) is 23.0 Å². The van der Waals surface area contributed by atoms with Crippen LogP contribution in [0.25, 0.3) is 17.7 Å². The van der Waals surface area contributed by atoms with E-state index in [0.717, 1.165) is 5.56 Å². The number of hydrogen-bond donors (Lipinski definition) is 1. The number of carboxylic acids is 1. The van der Waals surface area contributed by atoms with Crippen molar-refractivity contribution >= 4 is 29.7 Å². The lowest BCUT2D eigenvalue weighted by atomic mass is 10.0. The van der Waals surface area contributed by atoms with Gasteiger partial charge in [0, 0.05) is 11.6 Å². The van der Waals surface area contributed by atoms with Crippen LogP contribution in [0.2, 0.25) is 0 Å². The van der Waals surface area contributed by atoms with Crippen molar-refractivity contribution in [2.45, 2.75) is 6.92 Å². The van der Waals surface area contributed by atoms with Gasteiger partial charge in [-0.05, 0) is 72.2 Å². The molecule has 0 amide bonds. The molecular formula is C28H26O7. The number of rotatable bonds is 9. The molecule has 0 aliphatic rings. The highest BCUT2D eigenvalue weighted by atomic mass is 16.5. The van der Waals surface area contributed by atoms with E-state index >= 15 is 0 Å². The molecule has 180 valence electrons. The SMILES string of the molecule is COC(=O)/C(C)=C\c1ccc(Oc2ccc(/C(=C\c3cc(OC)cc(OC)c3)C(=O)O)cc2)cc1. The minimum Gasteiger partial charge on any atom is -0.497 e. The van der Waals surface area contributed by atoms with Crippen molar-refractivity contribution in [3.8, 4) is 23.0 Å². The summed E-state index contributed by atoms with van der Waals surface area (Å²) in [5.41, 5.74) is 2.59. The Morgan fingerprint density at radius 1 is 0.714 bits per heavy atom. The molecule has 1 N–H and O–H groups in total. The Morgan fingerprint density at radius 3 is 1.74 bits per heavy atom. The smallest absolute Gasteiger partial charge is 0.336 e. The summed E-state index contributed by atoms with van der Waals surface area (Å²) in [6, 6.07) is 19.2. The number of benzene rings is 3. The van der Waals surface area contributed by atoms with Gasteiger partial charge in [0.15, 0.2) is 0 Å². The largest absolute Gasteiger partial charge is 0.497 e. The summed E-state index contributed by atoms with van der Waals surface area (Å²) >= 11 is 0. The second kappa shape index (κ2) is 11.6. The molecule has 3 rings (SSSR count). The van der Waals surface area contributed by atoms with E-state index in [2.05, 4.69) is 0 Å². The van der Waals surface area contributed by atoms with Crippen LogP contribution in [0.3, 0.4) is 0 Å². The number of carboxylic acid groups (broad SMARTS) is 1. The number of aliphatic carboxylic acids is 1. The second-order valence-electron chi connectivity index (χ2n) is 7.52. The Labute approximate surface area is 203 Å². The van der Waals surface area contributed by atoms with Gasteiger partial charge < -0.3 is 24.1 Å². The van der Waals surface area contributed by atoms with E-state index < -0.39 is 5.97 Å². The minimum absolute atomic E-state index is 0.115. The van der Waals surface area contributed by atoms with Crippen LogP contribution in [-0.4, -0.2) is 38.4 Å². The molecule has 0 aromatic heterocycles. The summed E-state index contributed by atoms with van der Waals surface area (Å²) in [5, 5.41) is 9.79. The first-order valence-electron chi connectivity index (χ1n) is 10.7. The third-order valence-corrected chi connectivity index (χ3v) is 5.09. The van der Waals surface area contributed by atoms with E-state index in [1.807, 2.05) is 12.1 Å². The maximum absolute atomic E-state index is 12.0. The molecule has 0 saturated carbocycles. The number of methoxy groups -OCH3 is 3. The molecule has 0 aliphatic carbocycles. The molecule has 0 bridgehead atoms. The van der Waals surface area contributed by atoms with E-state index in [-0.39, 0.29) is 11.5 Å². The van der Waals surface area contributed by atoms with Crippen LogP contribution in [0.1, 0.15) is 23.6 Å². The lowest BCUT2D eigenvalue weighted by Gasteiger charge is -2.09. The van der Waals surface area contributed by atoms with Crippen molar-refractivity contribution < 1.29 is 33.6 Å². The second-order valence-corrected chi connectivity index (χ2v) is 7.52. The van der Waals surface area contributed by atoms with E-state index in [4.69, 9.17) is 18.9 Å². The molecule has 7 heteroatoms. The fourth-order valence-corrected chi connectivity index (χ4v) is 3.29. The van der Waals surface area contributed by atoms with Crippen LogP contribution in [0, 0.1) is 0 Å². The van der Waals surface area contributed by atoms with Crippen molar-refractivity contribution in [1.82, 2.24) is 0 Å². The zero-order chi connectivity index (χ0) is 25.4. The van der Waals surface area contributed by atoms with Gasteiger partial charge in [-0.1, -0.05) is 24.3 Å². The Balaban J connectivity index is 1.79. The molecule has 0 aliphatic heterocycles. The third-order valence-electron chi connectivity index (χ3n) is 5.09. The number of ether oxygens (including phenoxy) is 4. The van der Waals surface area contributed by atoms with E-state index in [0.29, 0.717) is 39.7 Å². The quantitative estimate of drug-likeness (QED) is 0.242. The molecule has 0 saturated heterocycles. The average molecular weight is 475 g/mol. The van der Waals surface area contributed by atoms with E-state index in [1.54, 1.807) is 73.7 Å². The Bertz CT molecular complexity index is 1230. The molecule has 0 heterocycles. The Morgan fingerprint density at radius 2 is 1.26 bits per heavy atom. The first-order valence-corrected chi connectivity index (χ1v) is 10.7. The first kappa shape index (κ1) is 25.1. The molecule has 0 spiro atoms. The average Bonchev–Trinajstić information content (AvgIpc) is 2.88. The summed E-state index contributed by atoms with van der Waals surface area (Å²) in [7, 11) is 4.41. The third kappa shape index (κ3) is 6.74. The van der Waals surface area contributed by atoms with E-state index in [9.17, 15) is 14.7 Å². The summed E-state index contributed by atoms with van der Waals surface area (Å²) in [6.07, 6.45) is 3.29. The molecule has 0 fully saturated rings. The molecule has 3 aromatic rings. The summed E-state index contributed by atoms with van der Waals surface area (Å²) in [5.74, 6) is 0.827. The van der Waals surface area contributed by atoms with E-state index in [1.165, 1.54) is 21.3 Å². The monoisotopic (exact) mass is 474 g/mol. The fourth-order valence-electron chi connectivity index (χ4n) is 3.29. The van der Waals surface area contributed by atoms with Crippen LogP contribution in [-0.2, 0) is 14.3 Å². The zero-order valence-electron chi connectivity index (χ0n) is 19.9. The normalized spacial score (nSPS) is 11.5. The van der Waals surface area contributed by atoms with Crippen LogP contribution in [0.4, 0.5) is 0 Å². The van der Waals surface area contributed by atoms with Crippen molar-refractivity contribution in [3.63, 3.8) is 0 Å². The molecule has 35 heavy (non-hydrogen) atoms. The van der Waals surface area contributed by atoms with Crippen LogP contribution in [0.15, 0.2) is 72.3 Å². The van der Waals surface area contributed by atoms with Crippen molar-refractivity contribution in [1.29, 1.82) is 0 Å². The number of carbonyl (C=O) groups is 2. The predicted molar refractivity (Wildman–Crippen MR) is 134 cm³/mol. The lowest BCUT2D eigenvalue weighted by Crippen LogP contribution is -2.00. The van der Waals surface area contributed by atoms with Crippen LogP contribution >= 0.6 is 0 Å². The molecule has 0 unspecified atom stereocenters. The molecular weight excluding hydrogens is 448 g/mol. The summed E-state index contributed by atoms with van der Waals surface area (Å²) in [6.45, 7) is 1.68. The highest BCUT2D eigenvalue weighted by molar-refractivity contribution is 6.20. The topological polar surface area (TPSA) is 91.3 Å². The van der Waals surface area contributed by atoms with Gasteiger partial charge in [-0.25, -0.2) is 9.59 Å². The zero-order valence-corrected chi connectivity index (χ0v) is 19.9.